The van der Waals surface area contributed by atoms with Crippen LogP contribution in [0.5, 0.6) is 5.75 Å². The molecule has 7 heteroatoms. The van der Waals surface area contributed by atoms with E-state index in [1.54, 1.807) is 31.4 Å². The highest BCUT2D eigenvalue weighted by atomic mass is 16.5. The van der Waals surface area contributed by atoms with Crippen molar-refractivity contribution in [3.8, 4) is 5.75 Å². The molecule has 25 heavy (non-hydrogen) atoms. The van der Waals surface area contributed by atoms with Crippen molar-refractivity contribution in [2.24, 2.45) is 0 Å². The quantitative estimate of drug-likeness (QED) is 0.594. The van der Waals surface area contributed by atoms with Crippen LogP contribution in [-0.4, -0.2) is 55.5 Å². The Bertz CT molecular complexity index is 614. The summed E-state index contributed by atoms with van der Waals surface area (Å²) in [6.07, 6.45) is 1.55. The summed E-state index contributed by atoms with van der Waals surface area (Å²) >= 11 is 0. The van der Waals surface area contributed by atoms with Crippen LogP contribution < -0.4 is 10.1 Å². The van der Waals surface area contributed by atoms with E-state index >= 15 is 0 Å². The van der Waals surface area contributed by atoms with E-state index in [0.717, 1.165) is 12.8 Å². The van der Waals surface area contributed by atoms with E-state index in [1.807, 2.05) is 6.92 Å². The number of carbonyl (C=O) groups is 3. The maximum atomic E-state index is 12.8. The molecule has 0 saturated carbocycles. The molecule has 1 N–H and O–H groups in total. The van der Waals surface area contributed by atoms with Gasteiger partial charge in [-0.15, -0.1) is 0 Å². The molecule has 0 aliphatic carbocycles. The topological polar surface area (TPSA) is 84.9 Å². The van der Waals surface area contributed by atoms with Crippen molar-refractivity contribution in [2.45, 2.75) is 32.2 Å². The lowest BCUT2D eigenvalue weighted by Crippen LogP contribution is -2.57. The minimum absolute atomic E-state index is 0.141. The van der Waals surface area contributed by atoms with Gasteiger partial charge in [0.25, 0.3) is 5.91 Å². The predicted octanol–water partition coefficient (Wildman–Crippen LogP) is 1.37. The Balaban J connectivity index is 2.08. The molecule has 1 fully saturated rings. The number of esters is 1. The Morgan fingerprint density at radius 1 is 1.28 bits per heavy atom. The van der Waals surface area contributed by atoms with Crippen LogP contribution in [0, 0.1) is 0 Å². The molecule has 1 aliphatic heterocycles. The first kappa shape index (κ1) is 18.8. The van der Waals surface area contributed by atoms with Gasteiger partial charge in [0.2, 0.25) is 5.91 Å². The van der Waals surface area contributed by atoms with Gasteiger partial charge in [0.05, 0.1) is 20.1 Å². The number of nitrogens with one attached hydrogen (secondary N) is 1. The number of hydrogen-bond donors (Lipinski definition) is 1. The molecule has 1 saturated heterocycles. The second-order valence-electron chi connectivity index (χ2n) is 5.81. The van der Waals surface area contributed by atoms with Crippen LogP contribution in [0.25, 0.3) is 0 Å². The number of rotatable bonds is 7. The van der Waals surface area contributed by atoms with Gasteiger partial charge in [-0.3, -0.25) is 14.4 Å². The molecule has 7 nitrogen and oxygen atoms in total. The maximum Gasteiger partial charge on any atom is 0.308 e. The lowest BCUT2D eigenvalue weighted by atomic mass is 10.1. The van der Waals surface area contributed by atoms with Gasteiger partial charge in [0.1, 0.15) is 11.8 Å². The zero-order chi connectivity index (χ0) is 18.2. The van der Waals surface area contributed by atoms with E-state index in [1.165, 1.54) is 4.90 Å². The minimum Gasteiger partial charge on any atom is -0.497 e. The predicted molar refractivity (Wildman–Crippen MR) is 91.3 cm³/mol. The van der Waals surface area contributed by atoms with E-state index in [4.69, 9.17) is 9.47 Å². The number of ether oxygens (including phenoxy) is 2. The summed E-state index contributed by atoms with van der Waals surface area (Å²) in [6, 6.07) is 5.81. The average molecular weight is 348 g/mol. The highest BCUT2D eigenvalue weighted by Crippen LogP contribution is 2.17. The van der Waals surface area contributed by atoms with E-state index in [2.05, 4.69) is 5.32 Å². The number of nitrogens with zero attached hydrogens (tertiary/aromatic N) is 1. The first-order chi connectivity index (χ1) is 12.1. The van der Waals surface area contributed by atoms with Crippen molar-refractivity contribution in [3.63, 3.8) is 0 Å². The number of benzene rings is 1. The molecule has 0 spiro atoms. The Morgan fingerprint density at radius 2 is 2.00 bits per heavy atom. The highest BCUT2D eigenvalue weighted by Gasteiger charge is 2.35. The van der Waals surface area contributed by atoms with Crippen molar-refractivity contribution in [1.82, 2.24) is 10.2 Å². The zero-order valence-corrected chi connectivity index (χ0v) is 14.6. The standard InChI is InChI=1S/C18H24N2O5/c1-3-4-11-25-16(21)12-15-17(22)19-9-10-20(15)18(23)13-5-7-14(24-2)8-6-13/h5-8,15H,3-4,9-12H2,1-2H3,(H,19,22)/t15-/m1/s1. The molecular formula is C18H24N2O5. The summed E-state index contributed by atoms with van der Waals surface area (Å²) in [5, 5.41) is 2.70. The van der Waals surface area contributed by atoms with Gasteiger partial charge < -0.3 is 19.7 Å². The van der Waals surface area contributed by atoms with Gasteiger partial charge in [-0.05, 0) is 30.7 Å². The third kappa shape index (κ3) is 4.95. The van der Waals surface area contributed by atoms with Crippen LogP contribution in [0.2, 0.25) is 0 Å². The van der Waals surface area contributed by atoms with E-state index in [9.17, 15) is 14.4 Å². The molecule has 0 bridgehead atoms. The van der Waals surface area contributed by atoms with Gasteiger partial charge >= 0.3 is 5.97 Å². The van der Waals surface area contributed by atoms with Crippen molar-refractivity contribution in [2.75, 3.05) is 26.8 Å². The molecule has 1 atom stereocenters. The Kier molecular flexibility index (Phi) is 6.80. The van der Waals surface area contributed by atoms with Crippen molar-refractivity contribution >= 4 is 17.8 Å². The fourth-order valence-electron chi connectivity index (χ4n) is 2.61. The van der Waals surface area contributed by atoms with Crippen LogP contribution in [0.1, 0.15) is 36.5 Å². The molecule has 0 radical (unpaired) electrons. The molecule has 2 rings (SSSR count). The lowest BCUT2D eigenvalue weighted by molar-refractivity contribution is -0.147. The third-order valence-electron chi connectivity index (χ3n) is 4.05. The molecule has 1 aromatic carbocycles. The van der Waals surface area contributed by atoms with Crippen molar-refractivity contribution in [3.05, 3.63) is 29.8 Å². The largest absolute Gasteiger partial charge is 0.497 e. The minimum atomic E-state index is -0.850. The molecular weight excluding hydrogens is 324 g/mol. The normalized spacial score (nSPS) is 17.0. The van der Waals surface area contributed by atoms with Crippen LogP contribution in [-0.2, 0) is 14.3 Å². The van der Waals surface area contributed by atoms with Gasteiger partial charge in [-0.2, -0.15) is 0 Å². The van der Waals surface area contributed by atoms with Crippen LogP contribution in [0.15, 0.2) is 24.3 Å². The summed E-state index contributed by atoms with van der Waals surface area (Å²) < 4.78 is 10.2. The number of piperazine rings is 1. The summed E-state index contributed by atoms with van der Waals surface area (Å²) in [7, 11) is 1.55. The number of carbonyl (C=O) groups excluding carboxylic acids is 3. The maximum absolute atomic E-state index is 12.8. The SMILES string of the molecule is CCCCOC(=O)C[C@@H]1C(=O)NCCN1C(=O)c1ccc(OC)cc1. The van der Waals surface area contributed by atoms with Crippen LogP contribution in [0.4, 0.5) is 0 Å². The summed E-state index contributed by atoms with van der Waals surface area (Å²) in [5.41, 5.74) is 0.444. The summed E-state index contributed by atoms with van der Waals surface area (Å²) in [6.45, 7) is 3.04. The molecule has 0 unspecified atom stereocenters. The Hall–Kier alpha value is -2.57. The summed E-state index contributed by atoms with van der Waals surface area (Å²) in [5.74, 6) is -0.448. The van der Waals surface area contributed by atoms with Gasteiger partial charge in [-0.25, -0.2) is 0 Å². The van der Waals surface area contributed by atoms with E-state index in [-0.39, 0.29) is 18.2 Å². The monoisotopic (exact) mass is 348 g/mol. The van der Waals surface area contributed by atoms with Crippen LogP contribution in [0.3, 0.4) is 0 Å². The lowest BCUT2D eigenvalue weighted by Gasteiger charge is -2.34. The fourth-order valence-corrected chi connectivity index (χ4v) is 2.61. The van der Waals surface area contributed by atoms with Crippen molar-refractivity contribution in [1.29, 1.82) is 0 Å². The summed E-state index contributed by atoms with van der Waals surface area (Å²) in [4.78, 5) is 38.3. The van der Waals surface area contributed by atoms with Gasteiger partial charge in [0, 0.05) is 18.7 Å². The second-order valence-corrected chi connectivity index (χ2v) is 5.81. The molecule has 1 heterocycles. The number of amides is 2. The van der Waals surface area contributed by atoms with Gasteiger partial charge in [0.15, 0.2) is 0 Å². The van der Waals surface area contributed by atoms with E-state index < -0.39 is 12.0 Å². The van der Waals surface area contributed by atoms with Gasteiger partial charge in [-0.1, -0.05) is 13.3 Å². The molecule has 1 aromatic rings. The van der Waals surface area contributed by atoms with E-state index in [0.29, 0.717) is 31.0 Å². The smallest absolute Gasteiger partial charge is 0.308 e. The first-order valence-corrected chi connectivity index (χ1v) is 8.45. The fraction of sp³-hybridized carbons (Fsp3) is 0.500. The third-order valence-corrected chi connectivity index (χ3v) is 4.05. The first-order valence-electron chi connectivity index (χ1n) is 8.45. The number of unbranched alkanes of at least 4 members (excludes halogenated alkanes) is 1. The molecule has 136 valence electrons. The van der Waals surface area contributed by atoms with Crippen LogP contribution >= 0.6 is 0 Å². The second kappa shape index (κ2) is 9.05. The molecule has 1 aliphatic rings. The average Bonchev–Trinajstić information content (AvgIpc) is 2.63. The number of methoxy groups -OCH3 is 1. The van der Waals surface area contributed by atoms with Crippen molar-refractivity contribution < 1.29 is 23.9 Å². The molecule has 2 amide bonds. The number of hydrogen-bond acceptors (Lipinski definition) is 5. The molecule has 0 aromatic heterocycles. The Morgan fingerprint density at radius 3 is 2.64 bits per heavy atom. The Labute approximate surface area is 147 Å². The zero-order valence-electron chi connectivity index (χ0n) is 14.6. The highest BCUT2D eigenvalue weighted by molar-refractivity contribution is 5.99.